The minimum atomic E-state index is -0.612. The first kappa shape index (κ1) is 17.5. The average Bonchev–Trinajstić information content (AvgIpc) is 2.53. The molecule has 1 amide bonds. The number of likely N-dealkylation sites (tertiary alicyclic amines) is 1. The fraction of sp³-hybridized carbons (Fsp3) is 0.667. The van der Waals surface area contributed by atoms with Gasteiger partial charge < -0.3 is 10.0 Å². The zero-order chi connectivity index (χ0) is 17.3. The van der Waals surface area contributed by atoms with Gasteiger partial charge in [-0.1, -0.05) is 38.1 Å². The van der Waals surface area contributed by atoms with Crippen molar-refractivity contribution >= 4 is 5.91 Å². The molecule has 1 aliphatic heterocycles. The van der Waals surface area contributed by atoms with Crippen LogP contribution in [-0.2, 0) is 11.2 Å². The maximum absolute atomic E-state index is 12.5. The molecule has 1 saturated heterocycles. The molecule has 1 aromatic rings. The van der Waals surface area contributed by atoms with E-state index in [4.69, 9.17) is 0 Å². The molecule has 3 rings (SSSR count). The zero-order valence-electron chi connectivity index (χ0n) is 15.3. The highest BCUT2D eigenvalue weighted by molar-refractivity contribution is 5.80. The SMILES string of the molecule is CC(C)c1ccccc1CC1CCN(C(=O)[C@H]2C[C@@](C)(O)C2)CC1. The Morgan fingerprint density at radius 2 is 1.88 bits per heavy atom. The molecule has 1 saturated carbocycles. The summed E-state index contributed by atoms with van der Waals surface area (Å²) in [4.78, 5) is 14.5. The Balaban J connectivity index is 1.52. The van der Waals surface area contributed by atoms with E-state index in [0.29, 0.717) is 24.7 Å². The van der Waals surface area contributed by atoms with E-state index in [-0.39, 0.29) is 11.8 Å². The van der Waals surface area contributed by atoms with E-state index in [1.807, 2.05) is 11.8 Å². The molecule has 0 unspecified atom stereocenters. The molecule has 1 N–H and O–H groups in total. The van der Waals surface area contributed by atoms with Gasteiger partial charge in [0.1, 0.15) is 0 Å². The largest absolute Gasteiger partial charge is 0.390 e. The van der Waals surface area contributed by atoms with Crippen LogP contribution >= 0.6 is 0 Å². The van der Waals surface area contributed by atoms with Crippen LogP contribution in [0, 0.1) is 11.8 Å². The van der Waals surface area contributed by atoms with E-state index >= 15 is 0 Å². The van der Waals surface area contributed by atoms with Gasteiger partial charge in [0.15, 0.2) is 0 Å². The van der Waals surface area contributed by atoms with E-state index in [1.54, 1.807) is 0 Å². The van der Waals surface area contributed by atoms with Crippen molar-refractivity contribution in [2.24, 2.45) is 11.8 Å². The minimum absolute atomic E-state index is 0.0539. The summed E-state index contributed by atoms with van der Waals surface area (Å²) >= 11 is 0. The number of carbonyl (C=O) groups excluding carboxylic acids is 1. The second kappa shape index (κ2) is 6.87. The molecule has 132 valence electrons. The van der Waals surface area contributed by atoms with Crippen molar-refractivity contribution in [1.82, 2.24) is 4.90 Å². The molecule has 0 bridgehead atoms. The Kier molecular flexibility index (Phi) is 5.00. The monoisotopic (exact) mass is 329 g/mol. The lowest BCUT2D eigenvalue weighted by Crippen LogP contribution is -2.51. The Labute approximate surface area is 146 Å². The number of nitrogens with zero attached hydrogens (tertiary/aromatic N) is 1. The van der Waals surface area contributed by atoms with Gasteiger partial charge in [-0.3, -0.25) is 4.79 Å². The summed E-state index contributed by atoms with van der Waals surface area (Å²) in [6, 6.07) is 8.79. The number of hydrogen-bond acceptors (Lipinski definition) is 2. The molecule has 0 aromatic heterocycles. The minimum Gasteiger partial charge on any atom is -0.390 e. The maximum atomic E-state index is 12.5. The normalized spacial score (nSPS) is 28.0. The topological polar surface area (TPSA) is 40.5 Å². The molecular formula is C21H31NO2. The molecular weight excluding hydrogens is 298 g/mol. The van der Waals surface area contributed by atoms with Crippen LogP contribution in [0.2, 0.25) is 0 Å². The predicted octanol–water partition coefficient (Wildman–Crippen LogP) is 3.75. The molecule has 1 heterocycles. The fourth-order valence-electron chi connectivity index (χ4n) is 4.39. The highest BCUT2D eigenvalue weighted by Crippen LogP contribution is 2.39. The van der Waals surface area contributed by atoms with Crippen LogP contribution in [0.5, 0.6) is 0 Å². The third-order valence-corrected chi connectivity index (χ3v) is 5.83. The number of aliphatic hydroxyl groups is 1. The van der Waals surface area contributed by atoms with Crippen molar-refractivity contribution < 1.29 is 9.90 Å². The van der Waals surface area contributed by atoms with Gasteiger partial charge in [-0.2, -0.15) is 0 Å². The Morgan fingerprint density at radius 3 is 2.46 bits per heavy atom. The lowest BCUT2D eigenvalue weighted by Gasteiger charge is -2.43. The number of hydrogen-bond donors (Lipinski definition) is 1. The van der Waals surface area contributed by atoms with Gasteiger partial charge in [0.05, 0.1) is 5.60 Å². The molecule has 0 radical (unpaired) electrons. The van der Waals surface area contributed by atoms with Crippen LogP contribution in [0.3, 0.4) is 0 Å². The first-order chi connectivity index (χ1) is 11.4. The summed E-state index contributed by atoms with van der Waals surface area (Å²) in [5, 5.41) is 9.84. The van der Waals surface area contributed by atoms with Gasteiger partial charge in [-0.15, -0.1) is 0 Å². The molecule has 1 aliphatic carbocycles. The van der Waals surface area contributed by atoms with E-state index in [2.05, 4.69) is 38.1 Å². The molecule has 0 atom stereocenters. The van der Waals surface area contributed by atoms with E-state index in [1.165, 1.54) is 11.1 Å². The highest BCUT2D eigenvalue weighted by atomic mass is 16.3. The molecule has 24 heavy (non-hydrogen) atoms. The lowest BCUT2D eigenvalue weighted by atomic mass is 9.71. The van der Waals surface area contributed by atoms with Crippen molar-refractivity contribution in [2.75, 3.05) is 13.1 Å². The highest BCUT2D eigenvalue weighted by Gasteiger charge is 2.44. The summed E-state index contributed by atoms with van der Waals surface area (Å²) < 4.78 is 0. The smallest absolute Gasteiger partial charge is 0.225 e. The van der Waals surface area contributed by atoms with Crippen molar-refractivity contribution in [3.63, 3.8) is 0 Å². The second-order valence-electron chi connectivity index (χ2n) is 8.43. The van der Waals surface area contributed by atoms with Crippen LogP contribution in [-0.4, -0.2) is 34.6 Å². The van der Waals surface area contributed by atoms with Crippen LogP contribution in [0.4, 0.5) is 0 Å². The van der Waals surface area contributed by atoms with Crippen LogP contribution in [0.25, 0.3) is 0 Å². The van der Waals surface area contributed by atoms with Crippen molar-refractivity contribution in [2.45, 2.75) is 64.4 Å². The van der Waals surface area contributed by atoms with Crippen molar-refractivity contribution in [3.05, 3.63) is 35.4 Å². The summed E-state index contributed by atoms with van der Waals surface area (Å²) in [7, 11) is 0. The van der Waals surface area contributed by atoms with Crippen LogP contribution in [0.15, 0.2) is 24.3 Å². The van der Waals surface area contributed by atoms with Gasteiger partial charge in [-0.05, 0) is 62.0 Å². The Morgan fingerprint density at radius 1 is 1.25 bits per heavy atom. The van der Waals surface area contributed by atoms with Crippen molar-refractivity contribution in [3.8, 4) is 0 Å². The Hall–Kier alpha value is -1.35. The average molecular weight is 329 g/mol. The van der Waals surface area contributed by atoms with Gasteiger partial charge >= 0.3 is 0 Å². The number of piperidine rings is 1. The summed E-state index contributed by atoms with van der Waals surface area (Å²) in [5.74, 6) is 1.56. The standard InChI is InChI=1S/C21H31NO2/c1-15(2)19-7-5-4-6-17(19)12-16-8-10-22(11-9-16)20(23)18-13-21(3,24)14-18/h4-7,15-16,18,24H,8-14H2,1-3H3/t18-,21+. The first-order valence-corrected chi connectivity index (χ1v) is 9.45. The third-order valence-electron chi connectivity index (χ3n) is 5.83. The summed E-state index contributed by atoms with van der Waals surface area (Å²) in [5.41, 5.74) is 2.33. The molecule has 3 heteroatoms. The molecule has 0 spiro atoms. The predicted molar refractivity (Wildman–Crippen MR) is 96.9 cm³/mol. The van der Waals surface area contributed by atoms with Gasteiger partial charge in [-0.25, -0.2) is 0 Å². The van der Waals surface area contributed by atoms with E-state index in [9.17, 15) is 9.90 Å². The Bertz CT molecular complexity index is 577. The van der Waals surface area contributed by atoms with Gasteiger partial charge in [0, 0.05) is 19.0 Å². The number of rotatable bonds is 4. The third kappa shape index (κ3) is 3.83. The number of carbonyl (C=O) groups is 1. The van der Waals surface area contributed by atoms with Crippen LogP contribution < -0.4 is 0 Å². The summed E-state index contributed by atoms with van der Waals surface area (Å²) in [6.07, 6.45) is 4.60. The number of amides is 1. The van der Waals surface area contributed by atoms with E-state index in [0.717, 1.165) is 32.4 Å². The van der Waals surface area contributed by atoms with E-state index < -0.39 is 5.60 Å². The zero-order valence-corrected chi connectivity index (χ0v) is 15.3. The molecule has 3 nitrogen and oxygen atoms in total. The molecule has 1 aromatic carbocycles. The molecule has 2 fully saturated rings. The maximum Gasteiger partial charge on any atom is 0.225 e. The number of benzene rings is 1. The fourth-order valence-corrected chi connectivity index (χ4v) is 4.39. The van der Waals surface area contributed by atoms with Gasteiger partial charge in [0.25, 0.3) is 0 Å². The first-order valence-electron chi connectivity index (χ1n) is 9.45. The molecule has 2 aliphatic rings. The quantitative estimate of drug-likeness (QED) is 0.914. The van der Waals surface area contributed by atoms with Crippen molar-refractivity contribution in [1.29, 1.82) is 0 Å². The lowest BCUT2D eigenvalue weighted by molar-refractivity contribution is -0.151. The summed E-state index contributed by atoms with van der Waals surface area (Å²) in [6.45, 7) is 8.11. The second-order valence-corrected chi connectivity index (χ2v) is 8.43. The van der Waals surface area contributed by atoms with Gasteiger partial charge in [0.2, 0.25) is 5.91 Å². The van der Waals surface area contributed by atoms with Crippen LogP contribution in [0.1, 0.15) is 63.5 Å².